The summed E-state index contributed by atoms with van der Waals surface area (Å²) in [4.78, 5) is 44.6. The summed E-state index contributed by atoms with van der Waals surface area (Å²) in [5.74, 6) is 0.223. The molecule has 0 aliphatic rings. The molecule has 0 unspecified atom stereocenters. The molecule has 0 radical (unpaired) electrons. The van der Waals surface area contributed by atoms with Gasteiger partial charge in [-0.25, -0.2) is 9.78 Å². The summed E-state index contributed by atoms with van der Waals surface area (Å²) in [5.41, 5.74) is 0.445. The Hall–Kier alpha value is -3.20. The highest BCUT2D eigenvalue weighted by atomic mass is 32.1. The van der Waals surface area contributed by atoms with Crippen LogP contribution in [0.5, 0.6) is 11.5 Å². The monoisotopic (exact) mass is 402 g/mol. The molecule has 28 heavy (non-hydrogen) atoms. The van der Waals surface area contributed by atoms with Crippen molar-refractivity contribution in [3.63, 3.8) is 0 Å². The van der Waals surface area contributed by atoms with Gasteiger partial charge in [0.15, 0.2) is 6.61 Å². The number of ether oxygens (including phenoxy) is 3. The Labute approximate surface area is 164 Å². The van der Waals surface area contributed by atoms with Gasteiger partial charge in [-0.3, -0.25) is 9.59 Å². The molecular formula is C19H18N2O6S. The first kappa shape index (κ1) is 19.6. The lowest BCUT2D eigenvalue weighted by Crippen LogP contribution is -2.15. The molecule has 9 heteroatoms. The molecule has 1 aromatic carbocycles. The predicted octanol–water partition coefficient (Wildman–Crippen LogP) is 2.66. The van der Waals surface area contributed by atoms with Gasteiger partial charge < -0.3 is 19.2 Å². The van der Waals surface area contributed by atoms with E-state index in [9.17, 15) is 14.4 Å². The summed E-state index contributed by atoms with van der Waals surface area (Å²) >= 11 is 1.06. The van der Waals surface area contributed by atoms with E-state index in [1.165, 1.54) is 14.2 Å². The fourth-order valence-corrected chi connectivity index (χ4v) is 3.87. The molecule has 0 spiro atoms. The van der Waals surface area contributed by atoms with Crippen LogP contribution in [0.3, 0.4) is 0 Å². The number of Topliss-reactive ketones (excluding diaryl/α,β-unsaturated/α-hetero) is 1. The van der Waals surface area contributed by atoms with Crippen molar-refractivity contribution in [1.29, 1.82) is 0 Å². The van der Waals surface area contributed by atoms with Gasteiger partial charge in [-0.1, -0.05) is 0 Å². The molecule has 0 aliphatic heterocycles. The van der Waals surface area contributed by atoms with Crippen LogP contribution < -0.4 is 15.0 Å². The fraction of sp³-hybridized carbons (Fsp3) is 0.263. The number of aromatic amines is 1. The number of rotatable bonds is 6. The zero-order valence-corrected chi connectivity index (χ0v) is 16.6. The molecule has 0 bridgehead atoms. The van der Waals surface area contributed by atoms with Gasteiger partial charge in [0.2, 0.25) is 5.78 Å². The maximum Gasteiger partial charge on any atom is 0.349 e. The number of hydrogen-bond donors (Lipinski definition) is 1. The highest BCUT2D eigenvalue weighted by molar-refractivity contribution is 7.20. The van der Waals surface area contributed by atoms with E-state index in [2.05, 4.69) is 9.97 Å². The minimum Gasteiger partial charge on any atom is -0.497 e. The van der Waals surface area contributed by atoms with Crippen LogP contribution in [0, 0.1) is 13.8 Å². The zero-order valence-electron chi connectivity index (χ0n) is 15.7. The third-order valence-electron chi connectivity index (χ3n) is 4.15. The van der Waals surface area contributed by atoms with Gasteiger partial charge in [-0.05, 0) is 31.5 Å². The number of nitrogens with zero attached hydrogens (tertiary/aromatic N) is 1. The van der Waals surface area contributed by atoms with Crippen molar-refractivity contribution in [2.45, 2.75) is 13.8 Å². The van der Waals surface area contributed by atoms with E-state index in [4.69, 9.17) is 14.2 Å². The summed E-state index contributed by atoms with van der Waals surface area (Å²) < 4.78 is 15.5. The molecule has 0 aliphatic carbocycles. The van der Waals surface area contributed by atoms with Gasteiger partial charge in [0.25, 0.3) is 5.56 Å². The summed E-state index contributed by atoms with van der Waals surface area (Å²) in [6.45, 7) is 2.85. The number of ketones is 1. The molecule has 146 valence electrons. The van der Waals surface area contributed by atoms with E-state index in [0.717, 1.165) is 11.3 Å². The van der Waals surface area contributed by atoms with Crippen molar-refractivity contribution >= 4 is 33.3 Å². The number of thiophene rings is 1. The van der Waals surface area contributed by atoms with E-state index in [1.54, 1.807) is 32.0 Å². The summed E-state index contributed by atoms with van der Waals surface area (Å²) in [7, 11) is 2.94. The second-order valence-corrected chi connectivity index (χ2v) is 6.95. The van der Waals surface area contributed by atoms with E-state index in [1.807, 2.05) is 0 Å². The Kier molecular flexibility index (Phi) is 5.46. The van der Waals surface area contributed by atoms with Crippen LogP contribution in [0.25, 0.3) is 10.2 Å². The number of methoxy groups -OCH3 is 2. The molecular weight excluding hydrogens is 384 g/mol. The van der Waals surface area contributed by atoms with Crippen LogP contribution >= 0.6 is 11.3 Å². The van der Waals surface area contributed by atoms with Gasteiger partial charge in [-0.2, -0.15) is 0 Å². The lowest BCUT2D eigenvalue weighted by Gasteiger charge is -2.10. The summed E-state index contributed by atoms with van der Waals surface area (Å²) in [6.07, 6.45) is 0. The predicted molar refractivity (Wildman–Crippen MR) is 104 cm³/mol. The van der Waals surface area contributed by atoms with Gasteiger partial charge in [0, 0.05) is 6.07 Å². The topological polar surface area (TPSA) is 108 Å². The summed E-state index contributed by atoms with van der Waals surface area (Å²) in [6, 6.07) is 4.74. The van der Waals surface area contributed by atoms with Crippen LogP contribution in [-0.2, 0) is 4.74 Å². The number of esters is 1. The van der Waals surface area contributed by atoms with E-state index < -0.39 is 18.4 Å². The van der Waals surface area contributed by atoms with Crippen molar-refractivity contribution in [3.8, 4) is 11.5 Å². The van der Waals surface area contributed by atoms with Crippen molar-refractivity contribution in [3.05, 3.63) is 50.4 Å². The Morgan fingerprint density at radius 1 is 1.18 bits per heavy atom. The molecule has 0 amide bonds. The number of benzene rings is 1. The fourth-order valence-electron chi connectivity index (χ4n) is 2.75. The molecule has 2 heterocycles. The van der Waals surface area contributed by atoms with E-state index in [0.29, 0.717) is 33.1 Å². The molecule has 8 nitrogen and oxygen atoms in total. The maximum atomic E-state index is 12.5. The number of hydrogen-bond acceptors (Lipinski definition) is 8. The first-order chi connectivity index (χ1) is 13.3. The van der Waals surface area contributed by atoms with Gasteiger partial charge in [0.05, 0.1) is 25.2 Å². The van der Waals surface area contributed by atoms with Crippen LogP contribution in [0.1, 0.15) is 31.4 Å². The average Bonchev–Trinajstić information content (AvgIpc) is 3.01. The number of fused-ring (bicyclic) bond motifs is 1. The number of aryl methyl sites for hydroxylation is 2. The lowest BCUT2D eigenvalue weighted by atomic mass is 10.1. The van der Waals surface area contributed by atoms with Crippen molar-refractivity contribution in [2.75, 3.05) is 20.8 Å². The van der Waals surface area contributed by atoms with Crippen molar-refractivity contribution in [2.24, 2.45) is 0 Å². The molecule has 3 aromatic rings. The third-order valence-corrected chi connectivity index (χ3v) is 5.31. The van der Waals surface area contributed by atoms with E-state index >= 15 is 0 Å². The maximum absolute atomic E-state index is 12.5. The third kappa shape index (κ3) is 3.61. The minimum absolute atomic E-state index is 0.244. The number of aromatic nitrogens is 2. The molecule has 0 atom stereocenters. The smallest absolute Gasteiger partial charge is 0.349 e. The normalized spacial score (nSPS) is 10.7. The Bertz CT molecular complexity index is 1130. The molecule has 3 rings (SSSR count). The first-order valence-corrected chi connectivity index (χ1v) is 9.09. The van der Waals surface area contributed by atoms with Crippen molar-refractivity contribution < 1.29 is 23.8 Å². The standard InChI is InChI=1S/C19H18N2O6S/c1-9-15-17(23)20-10(2)21-18(15)28-16(9)19(24)27-8-13(22)12-6-5-11(25-3)7-14(12)26-4/h5-7H,8H2,1-4H3,(H,20,21,23). The largest absolute Gasteiger partial charge is 0.497 e. The summed E-state index contributed by atoms with van der Waals surface area (Å²) in [5, 5.41) is 0.353. The molecule has 2 aromatic heterocycles. The number of carbonyl (C=O) groups excluding carboxylic acids is 2. The second-order valence-electron chi connectivity index (χ2n) is 5.95. The van der Waals surface area contributed by atoms with Gasteiger partial charge in [-0.15, -0.1) is 11.3 Å². The zero-order chi connectivity index (χ0) is 20.4. The Morgan fingerprint density at radius 3 is 2.61 bits per heavy atom. The number of H-pyrrole nitrogens is 1. The molecule has 0 saturated heterocycles. The first-order valence-electron chi connectivity index (χ1n) is 8.28. The highest BCUT2D eigenvalue weighted by Gasteiger charge is 2.22. The highest BCUT2D eigenvalue weighted by Crippen LogP contribution is 2.28. The quantitative estimate of drug-likeness (QED) is 0.499. The van der Waals surface area contributed by atoms with Crippen LogP contribution in [0.15, 0.2) is 23.0 Å². The van der Waals surface area contributed by atoms with Gasteiger partial charge in [0.1, 0.15) is 27.0 Å². The number of carbonyl (C=O) groups is 2. The molecule has 1 N–H and O–H groups in total. The van der Waals surface area contributed by atoms with Crippen LogP contribution in [0.2, 0.25) is 0 Å². The van der Waals surface area contributed by atoms with E-state index in [-0.39, 0.29) is 16.0 Å². The number of nitrogens with one attached hydrogen (secondary N) is 1. The van der Waals surface area contributed by atoms with Crippen LogP contribution in [-0.4, -0.2) is 42.5 Å². The molecule has 0 fully saturated rings. The second kappa shape index (κ2) is 7.81. The van der Waals surface area contributed by atoms with Gasteiger partial charge >= 0.3 is 5.97 Å². The minimum atomic E-state index is -0.682. The Morgan fingerprint density at radius 2 is 1.93 bits per heavy atom. The van der Waals surface area contributed by atoms with Crippen LogP contribution in [0.4, 0.5) is 0 Å². The Balaban J connectivity index is 1.80. The van der Waals surface area contributed by atoms with Crippen molar-refractivity contribution in [1.82, 2.24) is 9.97 Å². The average molecular weight is 402 g/mol. The SMILES string of the molecule is COc1ccc(C(=O)COC(=O)c2sc3nc(C)[nH]c(=O)c3c2C)c(OC)c1. The molecule has 0 saturated carbocycles. The lowest BCUT2D eigenvalue weighted by molar-refractivity contribution is 0.0478.